The lowest BCUT2D eigenvalue weighted by molar-refractivity contribution is -0.126. The Morgan fingerprint density at radius 1 is 1.09 bits per heavy atom. The maximum absolute atomic E-state index is 13.2. The van der Waals surface area contributed by atoms with Crippen LogP contribution in [0.5, 0.6) is 0 Å². The highest BCUT2D eigenvalue weighted by Gasteiger charge is 2.32. The predicted octanol–water partition coefficient (Wildman–Crippen LogP) is 4.10. The lowest BCUT2D eigenvalue weighted by Crippen LogP contribution is -2.42. The van der Waals surface area contributed by atoms with E-state index in [0.29, 0.717) is 37.4 Å². The minimum absolute atomic E-state index is 0.00156. The minimum Gasteiger partial charge on any atom is -0.352 e. The quantitative estimate of drug-likeness (QED) is 0.527. The Balaban J connectivity index is 1.35. The largest absolute Gasteiger partial charge is 0.352 e. The molecule has 1 amide bonds. The Hall–Kier alpha value is -2.29. The average molecular weight is 472 g/mol. The molecule has 0 bridgehead atoms. The monoisotopic (exact) mass is 471 g/mol. The van der Waals surface area contributed by atoms with Gasteiger partial charge in [-0.3, -0.25) is 4.79 Å². The molecule has 1 saturated heterocycles. The fraction of sp³-hybridized carbons (Fsp3) is 0.375. The van der Waals surface area contributed by atoms with Gasteiger partial charge in [0.25, 0.3) is 0 Å². The third-order valence-electron chi connectivity index (χ3n) is 6.17. The molecule has 8 heteroatoms. The van der Waals surface area contributed by atoms with E-state index in [4.69, 9.17) is 0 Å². The molecule has 1 N–H and O–H groups in total. The van der Waals surface area contributed by atoms with Gasteiger partial charge < -0.3 is 9.88 Å². The number of carbonyl (C=O) groups excluding carboxylic acids is 1. The lowest BCUT2D eigenvalue weighted by atomic mass is 9.97. The number of thioether (sulfide) groups is 1. The fourth-order valence-corrected chi connectivity index (χ4v) is 6.11. The predicted molar refractivity (Wildman–Crippen MR) is 129 cm³/mol. The van der Waals surface area contributed by atoms with E-state index in [0.717, 1.165) is 23.0 Å². The van der Waals surface area contributed by atoms with Gasteiger partial charge in [-0.05, 0) is 68.0 Å². The van der Waals surface area contributed by atoms with Gasteiger partial charge >= 0.3 is 0 Å². The number of amides is 1. The molecule has 3 aromatic rings. The molecule has 0 spiro atoms. The second-order valence-corrected chi connectivity index (χ2v) is 10.9. The van der Waals surface area contributed by atoms with E-state index in [2.05, 4.69) is 16.8 Å². The van der Waals surface area contributed by atoms with Crippen LogP contribution in [0.1, 0.15) is 25.3 Å². The number of hydrogen-bond acceptors (Lipinski definition) is 4. The summed E-state index contributed by atoms with van der Waals surface area (Å²) in [5.74, 6) is -0.161. The van der Waals surface area contributed by atoms with E-state index in [9.17, 15) is 13.2 Å². The number of rotatable bonds is 7. The summed E-state index contributed by atoms with van der Waals surface area (Å²) in [7, 11) is -3.57. The van der Waals surface area contributed by atoms with Gasteiger partial charge in [0.15, 0.2) is 0 Å². The number of hydrogen-bond donors (Lipinski definition) is 1. The summed E-state index contributed by atoms with van der Waals surface area (Å²) in [5, 5.41) is 3.93. The van der Waals surface area contributed by atoms with E-state index in [1.165, 1.54) is 9.20 Å². The van der Waals surface area contributed by atoms with Crippen LogP contribution in [0.2, 0.25) is 0 Å². The first-order valence-corrected chi connectivity index (χ1v) is 13.6. The van der Waals surface area contributed by atoms with E-state index in [-0.39, 0.29) is 11.8 Å². The summed E-state index contributed by atoms with van der Waals surface area (Å²) < 4.78 is 29.9. The zero-order valence-corrected chi connectivity index (χ0v) is 20.1. The summed E-state index contributed by atoms with van der Waals surface area (Å²) >= 11 is 1.69. The van der Waals surface area contributed by atoms with Crippen LogP contribution in [-0.4, -0.2) is 42.5 Å². The van der Waals surface area contributed by atoms with Crippen LogP contribution in [0, 0.1) is 5.92 Å². The molecule has 1 aliphatic heterocycles. The molecule has 170 valence electrons. The zero-order valence-electron chi connectivity index (χ0n) is 18.5. The van der Waals surface area contributed by atoms with Gasteiger partial charge in [0.2, 0.25) is 15.9 Å². The number of aryl methyl sites for hydroxylation is 1. The number of benzene rings is 2. The summed E-state index contributed by atoms with van der Waals surface area (Å²) in [4.78, 5) is 14.1. The van der Waals surface area contributed by atoms with Crippen LogP contribution in [0.15, 0.2) is 64.5 Å². The van der Waals surface area contributed by atoms with E-state index >= 15 is 0 Å². The Bertz CT molecular complexity index is 1190. The van der Waals surface area contributed by atoms with Gasteiger partial charge in [-0.1, -0.05) is 12.1 Å². The first-order valence-electron chi connectivity index (χ1n) is 10.9. The average Bonchev–Trinajstić information content (AvgIpc) is 3.25. The van der Waals surface area contributed by atoms with Crippen molar-refractivity contribution in [3.63, 3.8) is 0 Å². The Morgan fingerprint density at radius 2 is 1.81 bits per heavy atom. The highest BCUT2D eigenvalue weighted by atomic mass is 32.2. The number of nitrogens with one attached hydrogen (secondary N) is 1. The smallest absolute Gasteiger partial charge is 0.243 e. The van der Waals surface area contributed by atoms with Crippen molar-refractivity contribution in [3.8, 4) is 0 Å². The van der Waals surface area contributed by atoms with Crippen LogP contribution >= 0.6 is 11.8 Å². The summed E-state index contributed by atoms with van der Waals surface area (Å²) in [6.07, 6.45) is 5.07. The number of piperidine rings is 1. The molecule has 1 aliphatic rings. The van der Waals surface area contributed by atoms with Crippen LogP contribution < -0.4 is 5.32 Å². The number of aromatic nitrogens is 1. The molecule has 2 heterocycles. The Labute approximate surface area is 194 Å². The number of nitrogens with zero attached hydrogens (tertiary/aromatic N) is 2. The van der Waals surface area contributed by atoms with E-state index in [1.54, 1.807) is 23.9 Å². The normalized spacial score (nSPS) is 15.8. The third-order valence-corrected chi connectivity index (χ3v) is 8.81. The van der Waals surface area contributed by atoms with Crippen molar-refractivity contribution in [2.75, 3.05) is 19.3 Å². The van der Waals surface area contributed by atoms with Crippen molar-refractivity contribution >= 4 is 38.6 Å². The second-order valence-electron chi connectivity index (χ2n) is 8.07. The zero-order chi connectivity index (χ0) is 22.7. The molecular weight excluding hydrogens is 442 g/mol. The lowest BCUT2D eigenvalue weighted by Gasteiger charge is -2.30. The minimum atomic E-state index is -3.57. The highest BCUT2D eigenvalue weighted by Crippen LogP contribution is 2.27. The first kappa shape index (κ1) is 22.9. The maximum Gasteiger partial charge on any atom is 0.243 e. The van der Waals surface area contributed by atoms with Crippen LogP contribution in [-0.2, 0) is 27.9 Å². The molecule has 6 nitrogen and oxygen atoms in total. The molecule has 1 fully saturated rings. The summed E-state index contributed by atoms with van der Waals surface area (Å²) in [6, 6.07) is 15.4. The van der Waals surface area contributed by atoms with Gasteiger partial charge in [-0.2, -0.15) is 4.31 Å². The number of carbonyl (C=O) groups is 1. The van der Waals surface area contributed by atoms with E-state index in [1.807, 2.05) is 48.9 Å². The van der Waals surface area contributed by atoms with Gasteiger partial charge in [0, 0.05) is 54.1 Å². The topological polar surface area (TPSA) is 71.4 Å². The van der Waals surface area contributed by atoms with Crippen molar-refractivity contribution < 1.29 is 13.2 Å². The second kappa shape index (κ2) is 9.68. The Morgan fingerprint density at radius 3 is 2.47 bits per heavy atom. The van der Waals surface area contributed by atoms with Crippen molar-refractivity contribution in [2.24, 2.45) is 5.92 Å². The molecule has 32 heavy (non-hydrogen) atoms. The van der Waals surface area contributed by atoms with Gasteiger partial charge in [0.05, 0.1) is 4.90 Å². The summed E-state index contributed by atoms with van der Waals surface area (Å²) in [6.45, 7) is 4.11. The first-order chi connectivity index (χ1) is 15.4. The highest BCUT2D eigenvalue weighted by molar-refractivity contribution is 7.98. The van der Waals surface area contributed by atoms with Gasteiger partial charge in [0.1, 0.15) is 0 Å². The molecule has 4 rings (SSSR count). The molecule has 0 radical (unpaired) electrons. The molecule has 0 saturated carbocycles. The standard InChI is InChI=1S/C24H29N3O3S2/c1-3-26-13-10-20-16-22(8-9-23(20)26)32(29,30)27-14-11-19(12-15-27)24(28)25-17-18-4-6-21(31-2)7-5-18/h4-10,13,16,19H,3,11-12,14-15,17H2,1-2H3,(H,25,28). The maximum atomic E-state index is 13.2. The Kier molecular flexibility index (Phi) is 6.93. The molecular formula is C24H29N3O3S2. The van der Waals surface area contributed by atoms with Crippen LogP contribution in [0.4, 0.5) is 0 Å². The summed E-state index contributed by atoms with van der Waals surface area (Å²) in [5.41, 5.74) is 2.09. The molecule has 2 aromatic carbocycles. The van der Waals surface area contributed by atoms with Gasteiger partial charge in [-0.15, -0.1) is 11.8 Å². The van der Waals surface area contributed by atoms with Gasteiger partial charge in [-0.25, -0.2) is 8.42 Å². The van der Waals surface area contributed by atoms with Crippen LogP contribution in [0.3, 0.4) is 0 Å². The molecule has 1 aromatic heterocycles. The van der Waals surface area contributed by atoms with Crippen molar-refractivity contribution in [1.29, 1.82) is 0 Å². The molecule has 0 unspecified atom stereocenters. The third kappa shape index (κ3) is 4.72. The molecule has 0 atom stereocenters. The number of sulfonamides is 1. The van der Waals surface area contributed by atoms with Crippen molar-refractivity contribution in [1.82, 2.24) is 14.2 Å². The van der Waals surface area contributed by atoms with Crippen LogP contribution in [0.25, 0.3) is 10.9 Å². The number of fused-ring (bicyclic) bond motifs is 1. The molecule has 0 aliphatic carbocycles. The van der Waals surface area contributed by atoms with E-state index < -0.39 is 10.0 Å². The fourth-order valence-electron chi connectivity index (χ4n) is 4.20. The van der Waals surface area contributed by atoms with Crippen molar-refractivity contribution in [3.05, 3.63) is 60.3 Å². The SMILES string of the molecule is CCn1ccc2cc(S(=O)(=O)N3CCC(C(=O)NCc4ccc(SC)cc4)CC3)ccc21. The van der Waals surface area contributed by atoms with Crippen molar-refractivity contribution in [2.45, 2.75) is 42.6 Å².